The van der Waals surface area contributed by atoms with E-state index in [4.69, 9.17) is 10.8 Å². The molecule has 0 saturated carbocycles. The highest BCUT2D eigenvalue weighted by Crippen LogP contribution is 2.17. The quantitative estimate of drug-likeness (QED) is 0.759. The summed E-state index contributed by atoms with van der Waals surface area (Å²) in [6, 6.07) is 0. The number of nitrogens with zero attached hydrogens (tertiary/aromatic N) is 2. The number of aromatic carboxylic acids is 1. The Morgan fingerprint density at radius 1 is 1.45 bits per heavy atom. The van der Waals surface area contributed by atoms with Gasteiger partial charge in [-0.15, -0.1) is 22.7 Å². The number of nitrogens with one attached hydrogen (secondary N) is 1. The number of nitrogens with two attached hydrogens (primary N) is 1. The highest BCUT2D eigenvalue weighted by Gasteiger charge is 2.14. The molecule has 0 radical (unpaired) electrons. The summed E-state index contributed by atoms with van der Waals surface area (Å²) in [4.78, 5) is 30.9. The lowest BCUT2D eigenvalue weighted by atomic mass is 10.3. The first kappa shape index (κ1) is 14.4. The average molecular weight is 312 g/mol. The molecule has 1 amide bonds. The van der Waals surface area contributed by atoms with E-state index in [0.717, 1.165) is 11.3 Å². The van der Waals surface area contributed by atoms with Gasteiger partial charge in [0.05, 0.1) is 24.4 Å². The van der Waals surface area contributed by atoms with Crippen LogP contribution in [-0.4, -0.2) is 27.0 Å². The van der Waals surface area contributed by atoms with Gasteiger partial charge in [-0.25, -0.2) is 14.8 Å². The molecule has 0 fully saturated rings. The number of thiazole rings is 2. The molecule has 0 atom stereocenters. The highest BCUT2D eigenvalue weighted by molar-refractivity contribution is 7.13. The van der Waals surface area contributed by atoms with Crippen molar-refractivity contribution in [3.8, 4) is 0 Å². The van der Waals surface area contributed by atoms with E-state index in [1.54, 1.807) is 12.3 Å². The third-order valence-electron chi connectivity index (χ3n) is 2.38. The molecule has 20 heavy (non-hydrogen) atoms. The molecule has 2 heterocycles. The summed E-state index contributed by atoms with van der Waals surface area (Å²) < 4.78 is 0. The Kier molecular flexibility index (Phi) is 4.30. The lowest BCUT2D eigenvalue weighted by Crippen LogP contribution is -2.24. The molecule has 106 valence electrons. The molecule has 0 unspecified atom stereocenters. The van der Waals surface area contributed by atoms with Gasteiger partial charge in [0.25, 0.3) is 0 Å². The average Bonchev–Trinajstić information content (AvgIpc) is 2.93. The number of rotatable bonds is 5. The van der Waals surface area contributed by atoms with Crippen LogP contribution in [0.2, 0.25) is 0 Å². The van der Waals surface area contributed by atoms with Crippen molar-refractivity contribution >= 4 is 39.7 Å². The van der Waals surface area contributed by atoms with Crippen LogP contribution in [0.1, 0.15) is 26.1 Å². The summed E-state index contributed by atoms with van der Waals surface area (Å²) >= 11 is 2.34. The zero-order chi connectivity index (χ0) is 14.7. The number of aromatic nitrogens is 2. The lowest BCUT2D eigenvalue weighted by Gasteiger charge is -2.00. The molecule has 2 aromatic heterocycles. The molecule has 0 saturated heterocycles. The van der Waals surface area contributed by atoms with Gasteiger partial charge in [0.15, 0.2) is 5.13 Å². The van der Waals surface area contributed by atoms with Crippen LogP contribution in [0.15, 0.2) is 5.38 Å². The Balaban J connectivity index is 1.90. The summed E-state index contributed by atoms with van der Waals surface area (Å²) in [6.07, 6.45) is 0.143. The Bertz CT molecular complexity index is 650. The molecule has 0 spiro atoms. The number of anilines is 1. The van der Waals surface area contributed by atoms with Crippen LogP contribution in [0.5, 0.6) is 0 Å². The van der Waals surface area contributed by atoms with Crippen LogP contribution in [0.4, 0.5) is 5.13 Å². The number of amides is 1. The largest absolute Gasteiger partial charge is 0.477 e. The van der Waals surface area contributed by atoms with Crippen molar-refractivity contribution in [1.82, 2.24) is 15.3 Å². The third-order valence-corrected chi connectivity index (χ3v) is 4.25. The summed E-state index contributed by atoms with van der Waals surface area (Å²) in [6.45, 7) is 1.83. The van der Waals surface area contributed by atoms with Crippen LogP contribution in [-0.2, 0) is 17.8 Å². The molecule has 9 heteroatoms. The fourth-order valence-corrected chi connectivity index (χ4v) is 2.94. The van der Waals surface area contributed by atoms with Gasteiger partial charge in [-0.3, -0.25) is 4.79 Å². The van der Waals surface area contributed by atoms with Crippen LogP contribution in [0.3, 0.4) is 0 Å². The van der Waals surface area contributed by atoms with E-state index >= 15 is 0 Å². The van der Waals surface area contributed by atoms with E-state index in [2.05, 4.69) is 15.3 Å². The van der Waals surface area contributed by atoms with Gasteiger partial charge in [0, 0.05) is 5.38 Å². The van der Waals surface area contributed by atoms with Crippen LogP contribution in [0.25, 0.3) is 0 Å². The van der Waals surface area contributed by atoms with Crippen molar-refractivity contribution in [3.05, 3.63) is 26.7 Å². The van der Waals surface area contributed by atoms with Crippen molar-refractivity contribution in [1.29, 1.82) is 0 Å². The third kappa shape index (κ3) is 3.52. The predicted octanol–water partition coefficient (Wildman–Crippen LogP) is 1.05. The summed E-state index contributed by atoms with van der Waals surface area (Å²) in [5.74, 6) is -1.21. The predicted molar refractivity (Wildman–Crippen MR) is 75.9 cm³/mol. The Labute approximate surface area is 122 Å². The number of nitrogen functional groups attached to an aromatic ring is 1. The molecule has 0 aromatic carbocycles. The zero-order valence-electron chi connectivity index (χ0n) is 10.5. The number of carboxylic acids is 1. The SMILES string of the molecule is Cc1nc(CNC(=O)Cc2csc(N)n2)sc1C(=O)O. The zero-order valence-corrected chi connectivity index (χ0v) is 12.2. The van der Waals surface area contributed by atoms with E-state index < -0.39 is 5.97 Å². The van der Waals surface area contributed by atoms with Crippen LogP contribution >= 0.6 is 22.7 Å². The number of hydrogen-bond acceptors (Lipinski definition) is 7. The van der Waals surface area contributed by atoms with Gasteiger partial charge < -0.3 is 16.2 Å². The minimum atomic E-state index is -1.00. The topological polar surface area (TPSA) is 118 Å². The monoisotopic (exact) mass is 312 g/mol. The van der Waals surface area contributed by atoms with Crippen LogP contribution in [0, 0.1) is 6.92 Å². The highest BCUT2D eigenvalue weighted by atomic mass is 32.1. The van der Waals surface area contributed by atoms with Crippen molar-refractivity contribution in [3.63, 3.8) is 0 Å². The number of hydrogen-bond donors (Lipinski definition) is 3. The molecule has 0 aliphatic heterocycles. The maximum absolute atomic E-state index is 11.7. The minimum Gasteiger partial charge on any atom is -0.477 e. The van der Waals surface area contributed by atoms with Gasteiger partial charge in [-0.05, 0) is 6.92 Å². The standard InChI is InChI=1S/C11H12N4O3S2/c1-5-9(10(17)18)20-8(14-5)3-13-7(16)2-6-4-19-11(12)15-6/h4H,2-3H2,1H3,(H2,12,15)(H,13,16)(H,17,18). The fourth-order valence-electron chi connectivity index (χ4n) is 1.53. The maximum atomic E-state index is 11.7. The van der Waals surface area contributed by atoms with E-state index in [9.17, 15) is 9.59 Å². The van der Waals surface area contributed by atoms with Gasteiger partial charge in [-0.1, -0.05) is 0 Å². The van der Waals surface area contributed by atoms with Gasteiger partial charge >= 0.3 is 5.97 Å². The Hall–Kier alpha value is -2.00. The number of aryl methyl sites for hydroxylation is 1. The lowest BCUT2D eigenvalue weighted by molar-refractivity contribution is -0.120. The van der Waals surface area contributed by atoms with Gasteiger partial charge in [0.1, 0.15) is 9.88 Å². The Morgan fingerprint density at radius 2 is 2.20 bits per heavy atom. The van der Waals surface area contributed by atoms with E-state index in [1.807, 2.05) is 0 Å². The normalized spacial score (nSPS) is 10.4. The molecule has 0 aliphatic rings. The second-order valence-electron chi connectivity index (χ2n) is 3.96. The number of carbonyl (C=O) groups excluding carboxylic acids is 1. The Morgan fingerprint density at radius 3 is 2.75 bits per heavy atom. The summed E-state index contributed by atoms with van der Waals surface area (Å²) in [7, 11) is 0. The number of carboxylic acid groups (broad SMARTS) is 1. The van der Waals surface area contributed by atoms with Crippen molar-refractivity contribution < 1.29 is 14.7 Å². The molecular formula is C11H12N4O3S2. The van der Waals surface area contributed by atoms with Gasteiger partial charge in [-0.2, -0.15) is 0 Å². The number of carbonyl (C=O) groups is 2. The molecule has 0 bridgehead atoms. The van der Waals surface area contributed by atoms with Gasteiger partial charge in [0.2, 0.25) is 5.91 Å². The van der Waals surface area contributed by atoms with Crippen molar-refractivity contribution in [2.75, 3.05) is 5.73 Å². The molecular weight excluding hydrogens is 300 g/mol. The summed E-state index contributed by atoms with van der Waals surface area (Å²) in [5.41, 5.74) is 6.55. The smallest absolute Gasteiger partial charge is 0.347 e. The van der Waals surface area contributed by atoms with Crippen LogP contribution < -0.4 is 11.1 Å². The van der Waals surface area contributed by atoms with E-state index in [-0.39, 0.29) is 23.7 Å². The molecule has 2 aromatic rings. The molecule has 4 N–H and O–H groups in total. The summed E-state index contributed by atoms with van der Waals surface area (Å²) in [5, 5.41) is 14.3. The van der Waals surface area contributed by atoms with Crippen molar-refractivity contribution in [2.24, 2.45) is 0 Å². The fraction of sp³-hybridized carbons (Fsp3) is 0.273. The molecule has 0 aliphatic carbocycles. The van der Waals surface area contributed by atoms with E-state index in [1.165, 1.54) is 11.3 Å². The second-order valence-corrected chi connectivity index (χ2v) is 5.93. The second kappa shape index (κ2) is 5.97. The van der Waals surface area contributed by atoms with Crippen molar-refractivity contribution in [2.45, 2.75) is 19.9 Å². The first-order valence-corrected chi connectivity index (χ1v) is 7.31. The maximum Gasteiger partial charge on any atom is 0.347 e. The first-order chi connectivity index (χ1) is 9.45. The molecule has 2 rings (SSSR count). The van der Waals surface area contributed by atoms with E-state index in [0.29, 0.717) is 21.5 Å². The first-order valence-electron chi connectivity index (χ1n) is 5.62. The minimum absolute atomic E-state index is 0.143. The molecule has 7 nitrogen and oxygen atoms in total.